The van der Waals surface area contributed by atoms with Gasteiger partial charge in [-0.2, -0.15) is 0 Å². The van der Waals surface area contributed by atoms with Gasteiger partial charge >= 0.3 is 5.97 Å². The average Bonchev–Trinajstić information content (AvgIpc) is 2.60. The monoisotopic (exact) mass is 342 g/mol. The van der Waals surface area contributed by atoms with E-state index in [-0.39, 0.29) is 6.61 Å². The molecule has 0 aliphatic rings. The molecule has 6 nitrogen and oxygen atoms in total. The molecule has 0 unspecified atom stereocenters. The topological polar surface area (TPSA) is 102 Å². The predicted molar refractivity (Wildman–Crippen MR) is 95.9 cm³/mol. The van der Waals surface area contributed by atoms with Crippen LogP contribution < -0.4 is 11.1 Å². The first-order valence-electron chi connectivity index (χ1n) is 8.04. The quantitative estimate of drug-likeness (QED) is 0.550. The normalized spacial score (nSPS) is 12.9. The van der Waals surface area contributed by atoms with Crippen LogP contribution in [-0.2, 0) is 9.53 Å². The van der Waals surface area contributed by atoms with Crippen molar-refractivity contribution < 1.29 is 19.4 Å². The van der Waals surface area contributed by atoms with Gasteiger partial charge in [0.1, 0.15) is 0 Å². The van der Waals surface area contributed by atoms with Crippen LogP contribution in [0.1, 0.15) is 24.2 Å². The molecule has 25 heavy (non-hydrogen) atoms. The third-order valence-corrected chi connectivity index (χ3v) is 3.70. The standard InChI is InChI=1S/C19H22N2O4/c1-3-25-19(24)17(12(2)22)21-18(23)15-6-4-13(5-7-15)14-8-10-16(20)11-9-14/h4-12,17,22H,3,20H2,1-2H3,(H,21,23)/t12-,17+/m1/s1. The number of carbonyl (C=O) groups excluding carboxylic acids is 2. The first kappa shape index (κ1) is 18.5. The maximum Gasteiger partial charge on any atom is 0.331 e. The van der Waals surface area contributed by atoms with E-state index in [1.54, 1.807) is 19.1 Å². The van der Waals surface area contributed by atoms with Gasteiger partial charge in [-0.3, -0.25) is 4.79 Å². The van der Waals surface area contributed by atoms with Crippen LogP contribution in [0, 0.1) is 0 Å². The second-order valence-electron chi connectivity index (χ2n) is 5.64. The van der Waals surface area contributed by atoms with Crippen LogP contribution in [-0.4, -0.2) is 35.7 Å². The lowest BCUT2D eigenvalue weighted by molar-refractivity contribution is -0.148. The maximum absolute atomic E-state index is 12.3. The highest BCUT2D eigenvalue weighted by Gasteiger charge is 2.27. The second-order valence-corrected chi connectivity index (χ2v) is 5.64. The first-order valence-corrected chi connectivity index (χ1v) is 8.04. The summed E-state index contributed by atoms with van der Waals surface area (Å²) in [5.74, 6) is -1.12. The molecule has 0 spiro atoms. The van der Waals surface area contributed by atoms with Crippen LogP contribution in [0.15, 0.2) is 48.5 Å². The number of benzene rings is 2. The van der Waals surface area contributed by atoms with Crippen molar-refractivity contribution in [2.75, 3.05) is 12.3 Å². The molecule has 0 saturated heterocycles. The van der Waals surface area contributed by atoms with Crippen LogP contribution in [0.4, 0.5) is 5.69 Å². The van der Waals surface area contributed by atoms with Crippen LogP contribution in [0.25, 0.3) is 11.1 Å². The van der Waals surface area contributed by atoms with E-state index in [0.29, 0.717) is 11.3 Å². The number of anilines is 1. The number of aliphatic hydroxyl groups excluding tert-OH is 1. The van der Waals surface area contributed by atoms with E-state index in [0.717, 1.165) is 11.1 Å². The van der Waals surface area contributed by atoms with Gasteiger partial charge in [0.05, 0.1) is 12.7 Å². The maximum atomic E-state index is 12.3. The Morgan fingerprint density at radius 2 is 1.60 bits per heavy atom. The van der Waals surface area contributed by atoms with E-state index in [1.807, 2.05) is 36.4 Å². The summed E-state index contributed by atoms with van der Waals surface area (Å²) >= 11 is 0. The van der Waals surface area contributed by atoms with Gasteiger partial charge in [0, 0.05) is 11.3 Å². The fourth-order valence-corrected chi connectivity index (χ4v) is 2.32. The Morgan fingerprint density at radius 3 is 2.08 bits per heavy atom. The third kappa shape index (κ3) is 4.81. The Morgan fingerprint density at radius 1 is 1.08 bits per heavy atom. The lowest BCUT2D eigenvalue weighted by Gasteiger charge is -2.19. The van der Waals surface area contributed by atoms with E-state index in [1.165, 1.54) is 6.92 Å². The van der Waals surface area contributed by atoms with Crippen LogP contribution in [0.5, 0.6) is 0 Å². The zero-order chi connectivity index (χ0) is 18.4. The molecule has 0 heterocycles. The zero-order valence-electron chi connectivity index (χ0n) is 14.2. The number of hydrogen-bond donors (Lipinski definition) is 3. The Kier molecular flexibility index (Phi) is 6.14. The van der Waals surface area contributed by atoms with Crippen LogP contribution in [0.3, 0.4) is 0 Å². The molecule has 6 heteroatoms. The summed E-state index contributed by atoms with van der Waals surface area (Å²) in [5.41, 5.74) is 8.66. The van der Waals surface area contributed by atoms with Gasteiger partial charge in [0.15, 0.2) is 6.04 Å². The number of hydrogen-bond acceptors (Lipinski definition) is 5. The molecular formula is C19H22N2O4. The summed E-state index contributed by atoms with van der Waals surface area (Å²) in [5, 5.41) is 12.2. The number of nitrogens with two attached hydrogens (primary N) is 1. The third-order valence-electron chi connectivity index (χ3n) is 3.70. The number of nitrogen functional groups attached to an aromatic ring is 1. The summed E-state index contributed by atoms with van der Waals surface area (Å²) in [6, 6.07) is 13.2. The second kappa shape index (κ2) is 8.30. The Hall–Kier alpha value is -2.86. The smallest absolute Gasteiger partial charge is 0.331 e. The Labute approximate surface area is 146 Å². The number of amides is 1. The molecule has 132 valence electrons. The van der Waals surface area contributed by atoms with E-state index < -0.39 is 24.0 Å². The van der Waals surface area contributed by atoms with Crippen LogP contribution in [0.2, 0.25) is 0 Å². The number of carbonyl (C=O) groups is 2. The molecule has 0 aliphatic heterocycles. The molecule has 0 saturated carbocycles. The van der Waals surface area contributed by atoms with Crippen molar-refractivity contribution in [1.82, 2.24) is 5.32 Å². The number of nitrogens with one attached hydrogen (secondary N) is 1. The van der Waals surface area contributed by atoms with Gasteiger partial charge < -0.3 is 20.9 Å². The Balaban J connectivity index is 2.11. The Bertz CT molecular complexity index is 724. The van der Waals surface area contributed by atoms with E-state index in [4.69, 9.17) is 10.5 Å². The molecule has 0 radical (unpaired) electrons. The molecule has 4 N–H and O–H groups in total. The van der Waals surface area contributed by atoms with E-state index >= 15 is 0 Å². The molecule has 1 amide bonds. The summed E-state index contributed by atoms with van der Waals surface area (Å²) < 4.78 is 4.86. The highest BCUT2D eigenvalue weighted by atomic mass is 16.5. The molecule has 2 rings (SSSR count). The van der Waals surface area contributed by atoms with Crippen molar-refractivity contribution in [2.45, 2.75) is 26.0 Å². The number of aliphatic hydroxyl groups is 1. The number of ether oxygens (including phenoxy) is 1. The molecule has 0 aromatic heterocycles. The fourth-order valence-electron chi connectivity index (χ4n) is 2.32. The number of esters is 1. The average molecular weight is 342 g/mol. The fraction of sp³-hybridized carbons (Fsp3) is 0.263. The first-order chi connectivity index (χ1) is 11.9. The zero-order valence-corrected chi connectivity index (χ0v) is 14.2. The summed E-state index contributed by atoms with van der Waals surface area (Å²) in [4.78, 5) is 24.1. The van der Waals surface area contributed by atoms with Gasteiger partial charge in [0.25, 0.3) is 5.91 Å². The van der Waals surface area contributed by atoms with E-state index in [9.17, 15) is 14.7 Å². The van der Waals surface area contributed by atoms with Gasteiger partial charge in [-0.1, -0.05) is 24.3 Å². The number of rotatable bonds is 6. The molecule has 2 aromatic carbocycles. The molecule has 0 fully saturated rings. The molecule has 0 aliphatic carbocycles. The highest BCUT2D eigenvalue weighted by molar-refractivity contribution is 5.97. The van der Waals surface area contributed by atoms with Crippen molar-refractivity contribution in [3.8, 4) is 11.1 Å². The highest BCUT2D eigenvalue weighted by Crippen LogP contribution is 2.21. The summed E-state index contributed by atoms with van der Waals surface area (Å²) in [7, 11) is 0. The van der Waals surface area contributed by atoms with Gasteiger partial charge in [-0.25, -0.2) is 4.79 Å². The van der Waals surface area contributed by atoms with Gasteiger partial charge in [0.2, 0.25) is 0 Å². The molecule has 2 atom stereocenters. The lowest BCUT2D eigenvalue weighted by Crippen LogP contribution is -2.48. The van der Waals surface area contributed by atoms with Crippen molar-refractivity contribution in [3.63, 3.8) is 0 Å². The molecule has 2 aromatic rings. The van der Waals surface area contributed by atoms with Crippen LogP contribution >= 0.6 is 0 Å². The minimum absolute atomic E-state index is 0.175. The predicted octanol–water partition coefficient (Wildman–Crippen LogP) is 1.98. The van der Waals surface area contributed by atoms with Gasteiger partial charge in [-0.15, -0.1) is 0 Å². The largest absolute Gasteiger partial charge is 0.464 e. The summed E-state index contributed by atoms with van der Waals surface area (Å²) in [6.45, 7) is 3.26. The molecular weight excluding hydrogens is 320 g/mol. The SMILES string of the molecule is CCOC(=O)[C@@H](NC(=O)c1ccc(-c2ccc(N)cc2)cc1)[C@@H](C)O. The lowest BCUT2D eigenvalue weighted by atomic mass is 10.0. The van der Waals surface area contributed by atoms with Crippen molar-refractivity contribution in [3.05, 3.63) is 54.1 Å². The molecule has 0 bridgehead atoms. The van der Waals surface area contributed by atoms with Crippen molar-refractivity contribution in [1.29, 1.82) is 0 Å². The minimum atomic E-state index is -1.11. The van der Waals surface area contributed by atoms with Gasteiger partial charge in [-0.05, 0) is 49.2 Å². The van der Waals surface area contributed by atoms with Crippen molar-refractivity contribution >= 4 is 17.6 Å². The van der Waals surface area contributed by atoms with Crippen molar-refractivity contribution in [2.24, 2.45) is 0 Å². The van der Waals surface area contributed by atoms with E-state index in [2.05, 4.69) is 5.32 Å². The minimum Gasteiger partial charge on any atom is -0.464 e. The summed E-state index contributed by atoms with van der Waals surface area (Å²) in [6.07, 6.45) is -1.06.